The summed E-state index contributed by atoms with van der Waals surface area (Å²) in [6.45, 7) is 4.33. The van der Waals surface area contributed by atoms with Gasteiger partial charge in [0.05, 0.1) is 18.6 Å². The van der Waals surface area contributed by atoms with Crippen LogP contribution in [0.3, 0.4) is 0 Å². The highest BCUT2D eigenvalue weighted by atomic mass is 16.5. The number of carboxylic acid groups (broad SMARTS) is 1. The number of carbonyl (C=O) groups excluding carboxylic acids is 1. The van der Waals surface area contributed by atoms with E-state index in [0.717, 1.165) is 0 Å². The Kier molecular flexibility index (Phi) is 8.34. The Balaban J connectivity index is 4.79. The van der Waals surface area contributed by atoms with Crippen LogP contribution in [0.4, 0.5) is 0 Å². The molecule has 0 aromatic rings. The lowest BCUT2D eigenvalue weighted by Crippen LogP contribution is -2.41. The summed E-state index contributed by atoms with van der Waals surface area (Å²) in [5.41, 5.74) is -1.02. The molecule has 6 heteroatoms. The van der Waals surface area contributed by atoms with E-state index in [-0.39, 0.29) is 25.5 Å². The summed E-state index contributed by atoms with van der Waals surface area (Å²) in [4.78, 5) is 25.0. The van der Waals surface area contributed by atoms with Crippen molar-refractivity contribution < 1.29 is 24.5 Å². The first-order valence-corrected chi connectivity index (χ1v) is 6.58. The van der Waals surface area contributed by atoms with Crippen molar-refractivity contribution in [2.75, 3.05) is 33.4 Å². The highest BCUT2D eigenvalue weighted by Gasteiger charge is 2.38. The van der Waals surface area contributed by atoms with Crippen LogP contribution in [0, 0.1) is 5.41 Å². The Morgan fingerprint density at radius 1 is 1.21 bits per heavy atom. The molecule has 0 bridgehead atoms. The van der Waals surface area contributed by atoms with Gasteiger partial charge in [0.25, 0.3) is 0 Å². The minimum absolute atomic E-state index is 0.0426. The Morgan fingerprint density at radius 3 is 2.16 bits per heavy atom. The lowest BCUT2D eigenvalue weighted by atomic mass is 9.79. The summed E-state index contributed by atoms with van der Waals surface area (Å²) in [5, 5.41) is 18.3. The van der Waals surface area contributed by atoms with Crippen LogP contribution in [0.2, 0.25) is 0 Å². The molecule has 0 rings (SSSR count). The molecule has 0 aliphatic heterocycles. The maximum atomic E-state index is 12.2. The van der Waals surface area contributed by atoms with Gasteiger partial charge in [-0.3, -0.25) is 9.59 Å². The number of methoxy groups -OCH3 is 1. The number of amides is 1. The van der Waals surface area contributed by atoms with E-state index in [1.807, 2.05) is 0 Å². The number of aliphatic hydroxyl groups is 1. The van der Waals surface area contributed by atoms with Crippen molar-refractivity contribution in [2.45, 2.75) is 33.1 Å². The molecule has 6 nitrogen and oxygen atoms in total. The van der Waals surface area contributed by atoms with Crippen LogP contribution >= 0.6 is 0 Å². The zero-order chi connectivity index (χ0) is 14.9. The van der Waals surface area contributed by atoms with Crippen molar-refractivity contribution in [3.63, 3.8) is 0 Å². The van der Waals surface area contributed by atoms with Gasteiger partial charge in [-0.25, -0.2) is 0 Å². The topological polar surface area (TPSA) is 87.1 Å². The molecule has 0 fully saturated rings. The number of rotatable bonds is 10. The Morgan fingerprint density at radius 2 is 1.79 bits per heavy atom. The van der Waals surface area contributed by atoms with Crippen LogP contribution in [-0.4, -0.2) is 60.4 Å². The zero-order valence-electron chi connectivity index (χ0n) is 12.0. The molecule has 0 atom stereocenters. The van der Waals surface area contributed by atoms with Crippen molar-refractivity contribution >= 4 is 11.9 Å². The average Bonchev–Trinajstić information content (AvgIpc) is 2.40. The molecule has 0 heterocycles. The predicted molar refractivity (Wildman–Crippen MR) is 70.8 cm³/mol. The third-order valence-corrected chi connectivity index (χ3v) is 3.58. The fourth-order valence-electron chi connectivity index (χ4n) is 1.96. The largest absolute Gasteiger partial charge is 0.481 e. The molecule has 2 N–H and O–H groups in total. The van der Waals surface area contributed by atoms with Gasteiger partial charge in [-0.1, -0.05) is 13.8 Å². The fourth-order valence-corrected chi connectivity index (χ4v) is 1.96. The van der Waals surface area contributed by atoms with E-state index in [1.54, 1.807) is 13.8 Å². The number of nitrogens with zero attached hydrogens (tertiary/aromatic N) is 1. The zero-order valence-corrected chi connectivity index (χ0v) is 12.0. The Hall–Kier alpha value is -1.14. The molecular formula is C13H25NO5. The Labute approximate surface area is 114 Å². The van der Waals surface area contributed by atoms with Crippen LogP contribution in [0.1, 0.15) is 33.1 Å². The molecule has 1 amide bonds. The smallest absolute Gasteiger partial charge is 0.310 e. The van der Waals surface area contributed by atoms with Gasteiger partial charge in [0.15, 0.2) is 0 Å². The minimum atomic E-state index is -1.02. The first-order valence-electron chi connectivity index (χ1n) is 6.58. The second kappa shape index (κ2) is 8.87. The van der Waals surface area contributed by atoms with E-state index >= 15 is 0 Å². The number of carboxylic acids is 1. The van der Waals surface area contributed by atoms with Crippen LogP contribution in [0.25, 0.3) is 0 Å². The van der Waals surface area contributed by atoms with Crippen LogP contribution in [0.5, 0.6) is 0 Å². The van der Waals surface area contributed by atoms with Crippen molar-refractivity contribution in [3.8, 4) is 0 Å². The lowest BCUT2D eigenvalue weighted by Gasteiger charge is -2.29. The van der Waals surface area contributed by atoms with E-state index in [9.17, 15) is 14.7 Å². The minimum Gasteiger partial charge on any atom is -0.481 e. The number of aliphatic carboxylic acids is 1. The quantitative estimate of drug-likeness (QED) is 0.614. The maximum Gasteiger partial charge on any atom is 0.310 e. The van der Waals surface area contributed by atoms with Gasteiger partial charge >= 0.3 is 5.97 Å². The van der Waals surface area contributed by atoms with Gasteiger partial charge in [0.2, 0.25) is 5.91 Å². The summed E-state index contributed by atoms with van der Waals surface area (Å²) in [6.07, 6.45) is 0.767. The molecule has 0 radical (unpaired) electrons. The summed E-state index contributed by atoms with van der Waals surface area (Å²) in [7, 11) is 1.53. The van der Waals surface area contributed by atoms with E-state index in [4.69, 9.17) is 9.84 Å². The fraction of sp³-hybridized carbons (Fsp3) is 0.846. The van der Waals surface area contributed by atoms with Crippen LogP contribution in [-0.2, 0) is 14.3 Å². The number of hydrogen-bond acceptors (Lipinski definition) is 4. The van der Waals surface area contributed by atoms with Crippen molar-refractivity contribution in [2.24, 2.45) is 5.41 Å². The molecule has 0 saturated heterocycles. The molecule has 0 spiro atoms. The number of hydrogen-bond donors (Lipinski definition) is 2. The average molecular weight is 275 g/mol. The molecule has 112 valence electrons. The number of aliphatic hydroxyl groups excluding tert-OH is 1. The summed E-state index contributed by atoms with van der Waals surface area (Å²) < 4.78 is 4.91. The van der Waals surface area contributed by atoms with Gasteiger partial charge < -0.3 is 19.8 Å². The summed E-state index contributed by atoms with van der Waals surface area (Å²) >= 11 is 0. The monoisotopic (exact) mass is 275 g/mol. The lowest BCUT2D eigenvalue weighted by molar-refractivity contribution is -0.154. The molecule has 0 unspecified atom stereocenters. The molecular weight excluding hydrogens is 250 g/mol. The van der Waals surface area contributed by atoms with Gasteiger partial charge in [0, 0.05) is 26.6 Å². The van der Waals surface area contributed by atoms with Crippen molar-refractivity contribution in [1.29, 1.82) is 0 Å². The third kappa shape index (κ3) is 5.16. The van der Waals surface area contributed by atoms with Gasteiger partial charge in [0.1, 0.15) is 0 Å². The highest BCUT2D eigenvalue weighted by Crippen LogP contribution is 2.31. The van der Waals surface area contributed by atoms with E-state index in [0.29, 0.717) is 26.0 Å². The van der Waals surface area contributed by atoms with E-state index < -0.39 is 11.4 Å². The van der Waals surface area contributed by atoms with Gasteiger partial charge in [-0.15, -0.1) is 0 Å². The first kappa shape index (κ1) is 17.9. The Bertz CT molecular complexity index is 289. The second-order valence-corrected chi connectivity index (χ2v) is 4.57. The normalized spacial score (nSPS) is 11.4. The van der Waals surface area contributed by atoms with Crippen molar-refractivity contribution in [3.05, 3.63) is 0 Å². The molecule has 0 aliphatic rings. The predicted octanol–water partition coefficient (Wildman–Crippen LogP) is 0.735. The second-order valence-electron chi connectivity index (χ2n) is 4.57. The van der Waals surface area contributed by atoms with Crippen molar-refractivity contribution in [1.82, 2.24) is 4.90 Å². The van der Waals surface area contributed by atoms with Crippen LogP contribution < -0.4 is 0 Å². The first-order chi connectivity index (χ1) is 8.97. The maximum absolute atomic E-state index is 12.2. The number of carbonyl (C=O) groups is 2. The number of ether oxygens (including phenoxy) is 1. The molecule has 0 aliphatic carbocycles. The standard InChI is InChI=1S/C13H25NO5/c1-4-13(5-2,12(17)18)10-11(16)14(6-8-15)7-9-19-3/h15H,4-10H2,1-3H3,(H,17,18). The molecule has 0 aromatic carbocycles. The summed E-state index contributed by atoms with van der Waals surface area (Å²) in [5.74, 6) is -1.20. The molecule has 19 heavy (non-hydrogen) atoms. The van der Waals surface area contributed by atoms with Crippen LogP contribution in [0.15, 0.2) is 0 Å². The molecule has 0 saturated carbocycles. The highest BCUT2D eigenvalue weighted by molar-refractivity contribution is 5.85. The third-order valence-electron chi connectivity index (χ3n) is 3.58. The van der Waals surface area contributed by atoms with Gasteiger partial charge in [-0.05, 0) is 12.8 Å². The summed E-state index contributed by atoms with van der Waals surface area (Å²) in [6, 6.07) is 0. The SMILES string of the molecule is CCC(CC)(CC(=O)N(CCO)CCOC)C(=O)O. The van der Waals surface area contributed by atoms with E-state index in [1.165, 1.54) is 12.0 Å². The van der Waals surface area contributed by atoms with Gasteiger partial charge in [-0.2, -0.15) is 0 Å². The molecule has 0 aromatic heterocycles. The van der Waals surface area contributed by atoms with E-state index in [2.05, 4.69) is 0 Å².